The van der Waals surface area contributed by atoms with Crippen molar-refractivity contribution in [3.63, 3.8) is 0 Å². The lowest BCUT2D eigenvalue weighted by Crippen LogP contribution is -2.38. The fourth-order valence-electron chi connectivity index (χ4n) is 1.81. The number of guanidine groups is 1. The van der Waals surface area contributed by atoms with E-state index in [0.29, 0.717) is 0 Å². The van der Waals surface area contributed by atoms with Gasteiger partial charge in [0.25, 0.3) is 5.91 Å². The van der Waals surface area contributed by atoms with Crippen LogP contribution >= 0.6 is 11.6 Å². The van der Waals surface area contributed by atoms with Crippen molar-refractivity contribution in [3.05, 3.63) is 10.8 Å². The molecule has 1 amide bonds. The Morgan fingerprint density at radius 2 is 2.00 bits per heavy atom. The second-order valence-electron chi connectivity index (χ2n) is 4.81. The lowest BCUT2D eigenvalue weighted by atomic mass is 10.1. The fraction of sp³-hybridized carbons (Fsp3) is 0.538. The van der Waals surface area contributed by atoms with Crippen LogP contribution in [0.3, 0.4) is 0 Å². The van der Waals surface area contributed by atoms with Crippen molar-refractivity contribution in [2.75, 3.05) is 11.5 Å². The summed E-state index contributed by atoms with van der Waals surface area (Å²) < 4.78 is 0. The van der Waals surface area contributed by atoms with Gasteiger partial charge in [0.1, 0.15) is 0 Å². The quantitative estimate of drug-likeness (QED) is 0.457. The zero-order chi connectivity index (χ0) is 16.7. The number of carbonyl (C=O) groups is 1. The number of halogens is 1. The Kier molecular flexibility index (Phi) is 6.84. The monoisotopic (exact) mass is 327 g/mol. The van der Waals surface area contributed by atoms with Crippen LogP contribution in [0.1, 0.15) is 50.0 Å². The van der Waals surface area contributed by atoms with Gasteiger partial charge in [-0.15, -0.1) is 0 Å². The normalized spacial score (nSPS) is 13.0. The highest BCUT2D eigenvalue weighted by Gasteiger charge is 2.17. The Balaban J connectivity index is 2.81. The highest BCUT2D eigenvalue weighted by molar-refractivity contribution is 6.31. The van der Waals surface area contributed by atoms with Crippen LogP contribution in [-0.4, -0.2) is 27.9 Å². The molecule has 0 saturated heterocycles. The molecule has 22 heavy (non-hydrogen) atoms. The molecule has 1 aromatic rings. The second-order valence-corrected chi connectivity index (χ2v) is 5.16. The molecular formula is C13H22ClN7O. The number of anilines is 2. The molecule has 1 aromatic heterocycles. The van der Waals surface area contributed by atoms with E-state index in [2.05, 4.69) is 27.2 Å². The molecule has 0 aromatic carbocycles. The Morgan fingerprint density at radius 1 is 1.32 bits per heavy atom. The van der Waals surface area contributed by atoms with E-state index in [9.17, 15) is 4.79 Å². The smallest absolute Gasteiger partial charge is 0.280 e. The molecule has 7 N–H and O–H groups in total. The molecule has 0 bridgehead atoms. The zero-order valence-corrected chi connectivity index (χ0v) is 13.5. The van der Waals surface area contributed by atoms with Gasteiger partial charge in [0.2, 0.25) is 0 Å². The summed E-state index contributed by atoms with van der Waals surface area (Å²) in [5.41, 5.74) is 16.7. The van der Waals surface area contributed by atoms with Crippen molar-refractivity contribution in [2.24, 2.45) is 10.7 Å². The van der Waals surface area contributed by atoms with E-state index < -0.39 is 5.91 Å². The van der Waals surface area contributed by atoms with E-state index in [4.69, 9.17) is 28.8 Å². The fourth-order valence-corrected chi connectivity index (χ4v) is 1.94. The van der Waals surface area contributed by atoms with Crippen LogP contribution in [0.25, 0.3) is 0 Å². The minimum Gasteiger partial charge on any atom is -0.382 e. The van der Waals surface area contributed by atoms with Gasteiger partial charge in [0, 0.05) is 0 Å². The molecule has 0 unspecified atom stereocenters. The number of rotatable bonds is 6. The first-order valence-electron chi connectivity index (χ1n) is 7.12. The number of nitrogen functional groups attached to an aromatic ring is 2. The topological polar surface area (TPSA) is 145 Å². The molecule has 0 spiro atoms. The lowest BCUT2D eigenvalue weighted by molar-refractivity contribution is 0.0972. The summed E-state index contributed by atoms with van der Waals surface area (Å²) in [5, 5.41) is 2.34. The van der Waals surface area contributed by atoms with Gasteiger partial charge >= 0.3 is 0 Å². The number of hydrogen-bond donors (Lipinski definition) is 4. The summed E-state index contributed by atoms with van der Waals surface area (Å²) >= 11 is 5.73. The van der Waals surface area contributed by atoms with E-state index >= 15 is 0 Å². The van der Waals surface area contributed by atoms with Crippen molar-refractivity contribution in [3.8, 4) is 0 Å². The second kappa shape index (κ2) is 8.38. The zero-order valence-electron chi connectivity index (χ0n) is 12.8. The van der Waals surface area contributed by atoms with Gasteiger partial charge in [0.05, 0.1) is 6.04 Å². The summed E-state index contributed by atoms with van der Waals surface area (Å²) in [6.45, 7) is 4.12. The van der Waals surface area contributed by atoms with Gasteiger partial charge < -0.3 is 17.2 Å². The van der Waals surface area contributed by atoms with Crippen LogP contribution in [0.15, 0.2) is 4.99 Å². The van der Waals surface area contributed by atoms with Crippen LogP contribution in [0.2, 0.25) is 5.15 Å². The third kappa shape index (κ3) is 5.03. The van der Waals surface area contributed by atoms with Crippen LogP contribution in [0, 0.1) is 0 Å². The predicted molar refractivity (Wildman–Crippen MR) is 88.6 cm³/mol. The van der Waals surface area contributed by atoms with E-state index in [1.165, 1.54) is 0 Å². The first kappa shape index (κ1) is 18.0. The van der Waals surface area contributed by atoms with Gasteiger partial charge in [0.15, 0.2) is 28.4 Å². The molecule has 0 saturated carbocycles. The minimum atomic E-state index is -0.626. The summed E-state index contributed by atoms with van der Waals surface area (Å²) in [6.07, 6.45) is 3.88. The van der Waals surface area contributed by atoms with Crippen LogP contribution in [0.4, 0.5) is 11.6 Å². The van der Waals surface area contributed by atoms with Crippen molar-refractivity contribution in [1.82, 2.24) is 15.3 Å². The number of amides is 1. The maximum absolute atomic E-state index is 12.1. The van der Waals surface area contributed by atoms with Gasteiger partial charge in [-0.3, -0.25) is 10.1 Å². The third-order valence-corrected chi connectivity index (χ3v) is 3.32. The molecule has 0 aliphatic rings. The summed E-state index contributed by atoms with van der Waals surface area (Å²) in [4.78, 5) is 23.9. The number of aliphatic imine (C=N–C) groups is 1. The number of nitrogens with two attached hydrogens (primary N) is 3. The summed E-state index contributed by atoms with van der Waals surface area (Å²) in [6, 6.07) is 0.0682. The number of unbranched alkanes of at least 4 members (excludes halogenated alkanes) is 1. The lowest BCUT2D eigenvalue weighted by Gasteiger charge is -2.12. The molecule has 1 atom stereocenters. The van der Waals surface area contributed by atoms with Crippen molar-refractivity contribution in [2.45, 2.75) is 45.6 Å². The molecule has 1 rings (SSSR count). The van der Waals surface area contributed by atoms with Crippen molar-refractivity contribution < 1.29 is 4.79 Å². The standard InChI is InChI=1S/C13H22ClN7O/c1-3-5-6-7(4-2)18-13(17)21-12(22)8-10(15)20-11(16)9(14)19-8/h7H,3-6H2,1-2H3,(H4,15,16,20)(H3,17,18,21,22)/t7-/m1/s1. The van der Waals surface area contributed by atoms with E-state index in [1.54, 1.807) is 0 Å². The Bertz CT molecular complexity index is 562. The molecule has 9 heteroatoms. The molecule has 1 heterocycles. The SMILES string of the molecule is CCCC[C@@H](CC)N=C(N)NC(=O)c1nc(Cl)c(N)nc1N. The van der Waals surface area contributed by atoms with Gasteiger partial charge in [-0.2, -0.15) is 0 Å². The van der Waals surface area contributed by atoms with Gasteiger partial charge in [-0.1, -0.05) is 38.3 Å². The van der Waals surface area contributed by atoms with E-state index in [-0.39, 0.29) is 34.5 Å². The third-order valence-electron chi connectivity index (χ3n) is 3.05. The maximum Gasteiger partial charge on any atom is 0.280 e. The summed E-state index contributed by atoms with van der Waals surface area (Å²) in [7, 11) is 0. The van der Waals surface area contributed by atoms with Gasteiger partial charge in [-0.05, 0) is 12.8 Å². The highest BCUT2D eigenvalue weighted by atomic mass is 35.5. The number of aromatic nitrogens is 2. The Hall–Kier alpha value is -2.09. The highest BCUT2D eigenvalue weighted by Crippen LogP contribution is 2.17. The maximum atomic E-state index is 12.1. The largest absolute Gasteiger partial charge is 0.382 e. The average molecular weight is 328 g/mol. The van der Waals surface area contributed by atoms with Crippen LogP contribution in [0.5, 0.6) is 0 Å². The van der Waals surface area contributed by atoms with Crippen LogP contribution in [-0.2, 0) is 0 Å². The molecule has 0 aliphatic carbocycles. The number of hydrogen-bond acceptors (Lipinski definition) is 6. The summed E-state index contributed by atoms with van der Waals surface area (Å²) in [5.74, 6) is -0.770. The minimum absolute atomic E-state index is 0.0158. The average Bonchev–Trinajstić information content (AvgIpc) is 2.46. The molecule has 0 aliphatic heterocycles. The van der Waals surface area contributed by atoms with Crippen molar-refractivity contribution in [1.29, 1.82) is 0 Å². The van der Waals surface area contributed by atoms with Crippen molar-refractivity contribution >= 4 is 35.1 Å². The number of nitrogens with one attached hydrogen (secondary N) is 1. The van der Waals surface area contributed by atoms with E-state index in [1.807, 2.05) is 6.92 Å². The van der Waals surface area contributed by atoms with E-state index in [0.717, 1.165) is 25.7 Å². The predicted octanol–water partition coefficient (Wildman–Crippen LogP) is 1.31. The first-order valence-corrected chi connectivity index (χ1v) is 7.49. The molecule has 122 valence electrons. The number of nitrogens with zero attached hydrogens (tertiary/aromatic N) is 3. The Labute approximate surface area is 134 Å². The van der Waals surface area contributed by atoms with Gasteiger partial charge in [-0.25, -0.2) is 15.0 Å². The molecule has 0 radical (unpaired) electrons. The molecule has 8 nitrogen and oxygen atoms in total. The Morgan fingerprint density at radius 3 is 2.59 bits per heavy atom. The van der Waals surface area contributed by atoms with Crippen LogP contribution < -0.4 is 22.5 Å². The molecular weight excluding hydrogens is 306 g/mol. The number of carbonyl (C=O) groups excluding carboxylic acids is 1. The first-order chi connectivity index (χ1) is 10.4. The molecule has 0 fully saturated rings.